The fraction of sp³-hybridized carbons (Fsp3) is 0.333. The van der Waals surface area contributed by atoms with E-state index in [1.54, 1.807) is 0 Å². The van der Waals surface area contributed by atoms with Gasteiger partial charge in [-0.25, -0.2) is 0 Å². The molecular weight excluding hydrogens is 136 g/mol. The van der Waals surface area contributed by atoms with Crippen LogP contribution >= 0.6 is 0 Å². The maximum absolute atomic E-state index is 7.60. The van der Waals surface area contributed by atoms with Gasteiger partial charge in [0.2, 0.25) is 5.69 Å². The maximum Gasteiger partial charge on any atom is 0.231 e. The van der Waals surface area contributed by atoms with Crippen LogP contribution in [0.1, 0.15) is 13.8 Å². The normalized spacial score (nSPS) is 10.1. The smallest absolute Gasteiger partial charge is 0.0896 e. The van der Waals surface area contributed by atoms with E-state index >= 15 is 0 Å². The molecule has 0 atom stereocenters. The Balaban J connectivity index is 2.86. The van der Waals surface area contributed by atoms with Gasteiger partial charge >= 0.3 is 0 Å². The first kappa shape index (κ1) is 7.92. The highest BCUT2D eigenvalue weighted by Gasteiger charge is 2.11. The molecule has 2 heteroatoms. The van der Waals surface area contributed by atoms with Gasteiger partial charge in [-0.15, -0.1) is 0 Å². The molecule has 1 rings (SSSR count). The van der Waals surface area contributed by atoms with Crippen LogP contribution in [0.25, 0.3) is 0 Å². The average molecular weight is 149 g/mol. The number of para-hydroxylation sites is 1. The minimum Gasteiger partial charge on any atom is -0.0896 e. The van der Waals surface area contributed by atoms with Gasteiger partial charge in [-0.3, -0.25) is 0 Å². The van der Waals surface area contributed by atoms with E-state index < -0.39 is 0 Å². The second-order valence-electron chi connectivity index (χ2n) is 2.80. The standard InChI is InChI=1S/C9H13N2/c1-8(2)11(10)9-6-4-3-5-7-9/h3-8,10H,1-2H3/q+1. The largest absolute Gasteiger partial charge is 0.231 e. The molecule has 0 aliphatic carbocycles. The van der Waals surface area contributed by atoms with E-state index in [1.165, 1.54) is 4.70 Å². The summed E-state index contributed by atoms with van der Waals surface area (Å²) in [7, 11) is 0. The summed E-state index contributed by atoms with van der Waals surface area (Å²) in [4.78, 5) is 0. The Morgan fingerprint density at radius 1 is 1.18 bits per heavy atom. The van der Waals surface area contributed by atoms with Crippen molar-refractivity contribution < 1.29 is 4.70 Å². The Bertz CT molecular complexity index is 239. The zero-order chi connectivity index (χ0) is 8.27. The summed E-state index contributed by atoms with van der Waals surface area (Å²) in [6.45, 7) is 4.00. The third-order valence-corrected chi connectivity index (χ3v) is 1.55. The lowest BCUT2D eigenvalue weighted by Crippen LogP contribution is -2.10. The number of benzene rings is 1. The highest BCUT2D eigenvalue weighted by atomic mass is 15.2. The van der Waals surface area contributed by atoms with Crippen LogP contribution in [0.15, 0.2) is 30.3 Å². The van der Waals surface area contributed by atoms with Crippen molar-refractivity contribution in [2.24, 2.45) is 0 Å². The predicted octanol–water partition coefficient (Wildman–Crippen LogP) is 2.77. The fourth-order valence-corrected chi connectivity index (χ4v) is 0.887. The van der Waals surface area contributed by atoms with Crippen LogP contribution in [0.2, 0.25) is 0 Å². The molecule has 2 nitrogen and oxygen atoms in total. The lowest BCUT2D eigenvalue weighted by molar-refractivity contribution is -0.566. The third kappa shape index (κ3) is 1.87. The molecule has 0 aromatic heterocycles. The minimum absolute atomic E-state index is 0.234. The molecule has 1 aromatic carbocycles. The summed E-state index contributed by atoms with van der Waals surface area (Å²) >= 11 is 0. The molecule has 0 amide bonds. The van der Waals surface area contributed by atoms with Crippen molar-refractivity contribution in [1.29, 1.82) is 5.53 Å². The summed E-state index contributed by atoms with van der Waals surface area (Å²) in [6.07, 6.45) is 0. The molecule has 11 heavy (non-hydrogen) atoms. The predicted molar refractivity (Wildman–Crippen MR) is 44.2 cm³/mol. The van der Waals surface area contributed by atoms with E-state index in [0.29, 0.717) is 0 Å². The van der Waals surface area contributed by atoms with Gasteiger partial charge in [0.05, 0.1) is 0 Å². The molecule has 0 radical (unpaired) electrons. The Morgan fingerprint density at radius 3 is 2.18 bits per heavy atom. The minimum atomic E-state index is 0.234. The van der Waals surface area contributed by atoms with E-state index in [1.807, 2.05) is 44.2 Å². The lowest BCUT2D eigenvalue weighted by Gasteiger charge is -1.98. The quantitative estimate of drug-likeness (QED) is 0.494. The second kappa shape index (κ2) is 3.28. The molecule has 0 bridgehead atoms. The highest BCUT2D eigenvalue weighted by molar-refractivity contribution is 5.27. The summed E-state index contributed by atoms with van der Waals surface area (Å²) in [5.74, 6) is 0. The van der Waals surface area contributed by atoms with E-state index in [4.69, 9.17) is 5.53 Å². The molecule has 1 aromatic rings. The molecule has 0 unspecified atom stereocenters. The second-order valence-corrected chi connectivity index (χ2v) is 2.80. The zero-order valence-electron chi connectivity index (χ0n) is 6.91. The van der Waals surface area contributed by atoms with Gasteiger partial charge in [0.1, 0.15) is 0 Å². The molecular formula is C9H13N2+. The summed E-state index contributed by atoms with van der Waals surface area (Å²) in [5.41, 5.74) is 8.55. The summed E-state index contributed by atoms with van der Waals surface area (Å²) in [6, 6.07) is 9.95. The molecule has 0 aliphatic rings. The van der Waals surface area contributed by atoms with Crippen molar-refractivity contribution in [3.8, 4) is 0 Å². The number of hydrogen-bond donors (Lipinski definition) is 1. The first-order valence-corrected chi connectivity index (χ1v) is 3.77. The first-order chi connectivity index (χ1) is 5.22. The Labute approximate surface area is 67.0 Å². The maximum atomic E-state index is 7.60. The van der Waals surface area contributed by atoms with E-state index in [2.05, 4.69) is 0 Å². The van der Waals surface area contributed by atoms with Gasteiger partial charge in [-0.1, -0.05) is 28.4 Å². The fourth-order valence-electron chi connectivity index (χ4n) is 0.887. The van der Waals surface area contributed by atoms with E-state index in [-0.39, 0.29) is 6.04 Å². The number of rotatable bonds is 2. The molecule has 0 fully saturated rings. The Morgan fingerprint density at radius 2 is 1.73 bits per heavy atom. The molecule has 0 spiro atoms. The van der Waals surface area contributed by atoms with Crippen molar-refractivity contribution in [3.63, 3.8) is 0 Å². The van der Waals surface area contributed by atoms with E-state index in [0.717, 1.165) is 5.69 Å². The molecule has 0 heterocycles. The van der Waals surface area contributed by atoms with Crippen LogP contribution in [-0.4, -0.2) is 10.7 Å². The molecule has 1 N–H and O–H groups in total. The Kier molecular flexibility index (Phi) is 2.36. The summed E-state index contributed by atoms with van der Waals surface area (Å²) < 4.78 is 1.50. The summed E-state index contributed by atoms with van der Waals surface area (Å²) in [5, 5.41) is 0. The molecule has 0 saturated carbocycles. The van der Waals surface area contributed by atoms with Gasteiger partial charge in [0.15, 0.2) is 6.04 Å². The van der Waals surface area contributed by atoms with Crippen molar-refractivity contribution >= 4 is 5.69 Å². The number of nitrogens with one attached hydrogen (secondary N) is 1. The van der Waals surface area contributed by atoms with Crippen LogP contribution in [0.4, 0.5) is 5.69 Å². The van der Waals surface area contributed by atoms with Crippen molar-refractivity contribution in [2.45, 2.75) is 19.9 Å². The van der Waals surface area contributed by atoms with Gasteiger partial charge in [-0.05, 0) is 13.8 Å². The number of hydrogen-bond acceptors (Lipinski definition) is 1. The van der Waals surface area contributed by atoms with Crippen LogP contribution in [0, 0.1) is 5.53 Å². The van der Waals surface area contributed by atoms with Gasteiger partial charge in [-0.2, -0.15) is 0 Å². The average Bonchev–Trinajstić information content (AvgIpc) is 2.05. The topological polar surface area (TPSA) is 26.9 Å². The zero-order valence-corrected chi connectivity index (χ0v) is 6.91. The molecule has 0 aliphatic heterocycles. The van der Waals surface area contributed by atoms with E-state index in [9.17, 15) is 0 Å². The SMILES string of the molecule is CC(C)[N+](=N)c1ccccc1. The Hall–Kier alpha value is -1.18. The van der Waals surface area contributed by atoms with Gasteiger partial charge in [0, 0.05) is 12.1 Å². The molecule has 58 valence electrons. The van der Waals surface area contributed by atoms with Crippen LogP contribution in [-0.2, 0) is 0 Å². The van der Waals surface area contributed by atoms with Crippen LogP contribution in [0.3, 0.4) is 0 Å². The number of nitrogens with zero attached hydrogens (tertiary/aromatic N) is 1. The van der Waals surface area contributed by atoms with Crippen LogP contribution < -0.4 is 0 Å². The van der Waals surface area contributed by atoms with Gasteiger partial charge < -0.3 is 0 Å². The monoisotopic (exact) mass is 149 g/mol. The first-order valence-electron chi connectivity index (χ1n) is 3.77. The lowest BCUT2D eigenvalue weighted by atomic mass is 10.3. The highest BCUT2D eigenvalue weighted by Crippen LogP contribution is 2.11. The van der Waals surface area contributed by atoms with Crippen LogP contribution in [0.5, 0.6) is 0 Å². The molecule has 0 saturated heterocycles. The van der Waals surface area contributed by atoms with Gasteiger partial charge in [0.25, 0.3) is 0 Å². The van der Waals surface area contributed by atoms with Crippen molar-refractivity contribution in [1.82, 2.24) is 0 Å². The van der Waals surface area contributed by atoms with Crippen molar-refractivity contribution in [3.05, 3.63) is 30.3 Å². The van der Waals surface area contributed by atoms with Crippen molar-refractivity contribution in [2.75, 3.05) is 0 Å². The third-order valence-electron chi connectivity index (χ3n) is 1.55.